The number of rotatable bonds is 21. The maximum Gasteiger partial charge on any atom is 0.236 e. The lowest BCUT2D eigenvalue weighted by molar-refractivity contribution is -0.122. The van der Waals surface area contributed by atoms with Gasteiger partial charge in [-0.15, -0.1) is 0 Å². The zero-order chi connectivity index (χ0) is 32.1. The number of aldehydes is 1. The molecule has 0 bridgehead atoms. The fraction of sp³-hybridized carbons (Fsp3) is 0.528. The maximum atomic E-state index is 12.3. The Morgan fingerprint density at radius 2 is 1.96 bits per heavy atom. The Morgan fingerprint density at radius 3 is 2.67 bits per heavy atom. The lowest BCUT2D eigenvalue weighted by Crippen LogP contribution is -2.42. The summed E-state index contributed by atoms with van der Waals surface area (Å²) in [6, 6.07) is 14.4. The Morgan fingerprint density at radius 1 is 1.11 bits per heavy atom. The van der Waals surface area contributed by atoms with Crippen molar-refractivity contribution in [2.24, 2.45) is 0 Å². The summed E-state index contributed by atoms with van der Waals surface area (Å²) in [6.45, 7) is 6.89. The van der Waals surface area contributed by atoms with Crippen molar-refractivity contribution in [2.75, 3.05) is 20.7 Å². The summed E-state index contributed by atoms with van der Waals surface area (Å²) >= 11 is 0. The third-order valence-electron chi connectivity index (χ3n) is 8.71. The third-order valence-corrected chi connectivity index (χ3v) is 8.71. The van der Waals surface area contributed by atoms with Gasteiger partial charge < -0.3 is 30.2 Å². The van der Waals surface area contributed by atoms with Crippen LogP contribution in [0, 0.1) is 0 Å². The van der Waals surface area contributed by atoms with Gasteiger partial charge in [0.1, 0.15) is 17.6 Å². The van der Waals surface area contributed by atoms with Crippen molar-refractivity contribution in [1.82, 2.24) is 25.7 Å². The molecule has 1 saturated carbocycles. The van der Waals surface area contributed by atoms with Crippen LogP contribution in [-0.2, 0) is 34.0 Å². The molecule has 1 aliphatic carbocycles. The monoisotopic (exact) mass is 617 g/mol. The average Bonchev–Trinajstić information content (AvgIpc) is 3.65. The van der Waals surface area contributed by atoms with Gasteiger partial charge in [-0.25, -0.2) is 4.68 Å². The number of ether oxygens (including phenoxy) is 2. The van der Waals surface area contributed by atoms with Crippen molar-refractivity contribution in [2.45, 2.75) is 102 Å². The van der Waals surface area contributed by atoms with Crippen LogP contribution in [0.3, 0.4) is 0 Å². The van der Waals surface area contributed by atoms with Gasteiger partial charge >= 0.3 is 0 Å². The van der Waals surface area contributed by atoms with E-state index < -0.39 is 6.04 Å². The number of hydrogen-bond acceptors (Lipinski definition) is 7. The molecule has 0 radical (unpaired) electrons. The Labute approximate surface area is 268 Å². The molecule has 244 valence electrons. The molecule has 2 aromatic carbocycles. The number of nitrogens with one attached hydrogen (secondary N) is 3. The molecule has 0 spiro atoms. The van der Waals surface area contributed by atoms with Crippen molar-refractivity contribution in [1.29, 1.82) is 0 Å². The van der Waals surface area contributed by atoms with E-state index in [1.165, 1.54) is 24.8 Å². The third kappa shape index (κ3) is 9.98. The Hall–Kier alpha value is -3.53. The number of hydrogen-bond donors (Lipinski definition) is 3. The van der Waals surface area contributed by atoms with Crippen LogP contribution >= 0.6 is 0 Å². The van der Waals surface area contributed by atoms with Crippen LogP contribution in [0.5, 0.6) is 5.75 Å². The number of methoxy groups -OCH3 is 1. The molecule has 1 fully saturated rings. The minimum Gasteiger partial charge on any atom is -0.486 e. The molecule has 4 rings (SSSR count). The van der Waals surface area contributed by atoms with E-state index in [1.54, 1.807) is 14.2 Å². The van der Waals surface area contributed by atoms with E-state index in [4.69, 9.17) is 9.47 Å². The molecule has 0 aliphatic heterocycles. The van der Waals surface area contributed by atoms with Crippen molar-refractivity contribution < 1.29 is 19.1 Å². The first-order valence-electron chi connectivity index (χ1n) is 16.5. The van der Waals surface area contributed by atoms with E-state index in [2.05, 4.69) is 65.4 Å². The summed E-state index contributed by atoms with van der Waals surface area (Å²) in [5.41, 5.74) is 5.42. The lowest BCUT2D eigenvalue weighted by Gasteiger charge is -2.21. The number of aromatic nitrogens is 2. The van der Waals surface area contributed by atoms with Gasteiger partial charge in [0, 0.05) is 52.0 Å². The minimum atomic E-state index is -0.452. The van der Waals surface area contributed by atoms with Crippen LogP contribution in [0.4, 0.5) is 0 Å². The number of carbonyl (C=O) groups is 2. The molecule has 45 heavy (non-hydrogen) atoms. The van der Waals surface area contributed by atoms with Gasteiger partial charge in [-0.2, -0.15) is 5.10 Å². The Kier molecular flexibility index (Phi) is 13.2. The van der Waals surface area contributed by atoms with Crippen LogP contribution in [0.15, 0.2) is 54.9 Å². The zero-order valence-corrected chi connectivity index (χ0v) is 27.4. The van der Waals surface area contributed by atoms with Crippen molar-refractivity contribution in [3.8, 4) is 11.4 Å². The summed E-state index contributed by atoms with van der Waals surface area (Å²) in [6.07, 6.45) is 12.5. The van der Waals surface area contributed by atoms with Crippen molar-refractivity contribution >= 4 is 12.2 Å². The fourth-order valence-corrected chi connectivity index (χ4v) is 5.80. The number of benzene rings is 2. The van der Waals surface area contributed by atoms with Crippen molar-refractivity contribution in [3.63, 3.8) is 0 Å². The van der Waals surface area contributed by atoms with Gasteiger partial charge in [0.05, 0.1) is 24.5 Å². The van der Waals surface area contributed by atoms with E-state index in [-0.39, 0.29) is 11.5 Å². The minimum absolute atomic E-state index is 0.132. The topological polar surface area (TPSA) is 107 Å². The largest absolute Gasteiger partial charge is 0.486 e. The molecule has 0 saturated heterocycles. The van der Waals surface area contributed by atoms with Gasteiger partial charge in [0.2, 0.25) is 5.91 Å². The molecule has 2 atom stereocenters. The first-order chi connectivity index (χ1) is 21.9. The van der Waals surface area contributed by atoms with Gasteiger partial charge in [-0.1, -0.05) is 44.9 Å². The van der Waals surface area contributed by atoms with E-state index in [0.29, 0.717) is 38.5 Å². The second kappa shape index (κ2) is 17.2. The summed E-state index contributed by atoms with van der Waals surface area (Å²) in [7, 11) is 3.27. The number of likely N-dealkylation sites (N-methyl/N-ethyl adjacent to an activating group) is 1. The van der Waals surface area contributed by atoms with E-state index >= 15 is 0 Å². The maximum absolute atomic E-state index is 12.3. The summed E-state index contributed by atoms with van der Waals surface area (Å²) < 4.78 is 13.9. The van der Waals surface area contributed by atoms with Gasteiger partial charge in [0.15, 0.2) is 0 Å². The number of nitrogens with zero attached hydrogens (tertiary/aromatic N) is 2. The van der Waals surface area contributed by atoms with Gasteiger partial charge in [-0.05, 0) is 79.0 Å². The van der Waals surface area contributed by atoms with Crippen LogP contribution in [0.25, 0.3) is 5.69 Å². The molecule has 9 nitrogen and oxygen atoms in total. The van der Waals surface area contributed by atoms with Crippen LogP contribution in [-0.4, -0.2) is 54.3 Å². The summed E-state index contributed by atoms with van der Waals surface area (Å²) in [5, 5.41) is 14.2. The zero-order valence-electron chi connectivity index (χ0n) is 27.4. The lowest BCUT2D eigenvalue weighted by atomic mass is 9.91. The number of unbranched alkanes of at least 4 members (excludes halogenated alkanes) is 1. The first-order valence-corrected chi connectivity index (χ1v) is 16.5. The van der Waals surface area contributed by atoms with Crippen LogP contribution in [0.2, 0.25) is 0 Å². The molecular formula is C36H51N5O4. The molecule has 9 heteroatoms. The standard InChI is InChI=1S/C36H51N5O4/c1-5-7-10-28(6-2)29-11-8-12-32(19-29)41-24-27(22-40-41)21-38-26-36(16-17-36)45-33-15-14-30(25-44-4)31(20-33)23-39-34(13-9-18-42)35(43)37-3/h8,11-12,14-15,18-20,22,24,28,34,38-39H,5-7,9-10,13,16-17,21,23,25-26H2,1-4H3,(H,37,43). The molecule has 2 unspecified atom stereocenters. The van der Waals surface area contributed by atoms with Gasteiger partial charge in [0.25, 0.3) is 0 Å². The highest BCUT2D eigenvalue weighted by molar-refractivity contribution is 5.81. The van der Waals surface area contributed by atoms with E-state index in [9.17, 15) is 9.59 Å². The quantitative estimate of drug-likeness (QED) is 0.134. The predicted octanol–water partition coefficient (Wildman–Crippen LogP) is 5.59. The Bertz CT molecular complexity index is 1370. The highest BCUT2D eigenvalue weighted by Gasteiger charge is 2.45. The molecular weight excluding hydrogens is 566 g/mol. The van der Waals surface area contributed by atoms with Crippen molar-refractivity contribution in [3.05, 3.63) is 77.1 Å². The molecule has 1 amide bonds. The van der Waals surface area contributed by atoms with Gasteiger partial charge in [-0.3, -0.25) is 4.79 Å². The number of amides is 1. The molecule has 3 aromatic rings. The first kappa shape index (κ1) is 34.3. The van der Waals surface area contributed by atoms with Crippen LogP contribution < -0.4 is 20.7 Å². The fourth-order valence-electron chi connectivity index (χ4n) is 5.80. The van der Waals surface area contributed by atoms with E-state index in [1.807, 2.05) is 29.1 Å². The molecule has 1 heterocycles. The Balaban J connectivity index is 1.34. The highest BCUT2D eigenvalue weighted by Crippen LogP contribution is 2.40. The molecule has 1 aliphatic rings. The smallest absolute Gasteiger partial charge is 0.236 e. The molecule has 1 aromatic heterocycles. The average molecular weight is 618 g/mol. The predicted molar refractivity (Wildman–Crippen MR) is 178 cm³/mol. The highest BCUT2D eigenvalue weighted by atomic mass is 16.5. The number of carbonyl (C=O) groups excluding carboxylic acids is 2. The SMILES string of the molecule is CCCCC(CC)c1cccc(-n2cc(CNCC3(Oc4ccc(COC)c(CNC(CCC=O)C(=O)NC)c4)CC3)cn2)c1. The second-order valence-electron chi connectivity index (χ2n) is 12.2. The molecule has 3 N–H and O–H groups in total. The second-order valence-corrected chi connectivity index (χ2v) is 12.2. The normalized spacial score (nSPS) is 14.9. The summed E-state index contributed by atoms with van der Waals surface area (Å²) in [4.78, 5) is 23.2. The van der Waals surface area contributed by atoms with E-state index in [0.717, 1.165) is 60.2 Å². The summed E-state index contributed by atoms with van der Waals surface area (Å²) in [5.74, 6) is 1.26. The van der Waals surface area contributed by atoms with Crippen LogP contribution in [0.1, 0.15) is 93.4 Å².